The van der Waals surface area contributed by atoms with Crippen LogP contribution in [-0.2, 0) is 11.2 Å². The number of allylic oxidation sites excluding steroid dienone is 3. The van der Waals surface area contributed by atoms with Crippen molar-refractivity contribution in [3.8, 4) is 5.75 Å². The van der Waals surface area contributed by atoms with Gasteiger partial charge in [0.2, 0.25) is 0 Å². The van der Waals surface area contributed by atoms with Gasteiger partial charge in [-0.2, -0.15) is 0 Å². The molecule has 0 aromatic heterocycles. The third-order valence-corrected chi connectivity index (χ3v) is 3.19. The first-order valence-electron chi connectivity index (χ1n) is 7.02. The Kier molecular flexibility index (Phi) is 5.70. The number of benzene rings is 1. The molecule has 0 spiro atoms. The van der Waals surface area contributed by atoms with Gasteiger partial charge in [-0.1, -0.05) is 30.4 Å². The van der Waals surface area contributed by atoms with Gasteiger partial charge in [0.25, 0.3) is 0 Å². The molecule has 0 atom stereocenters. The minimum atomic E-state index is 0.697. The molecule has 1 aliphatic carbocycles. The van der Waals surface area contributed by atoms with E-state index in [9.17, 15) is 0 Å². The first-order chi connectivity index (χ1) is 9.38. The molecule has 0 unspecified atom stereocenters. The number of hydrogen-bond acceptors (Lipinski definition) is 2. The van der Waals surface area contributed by atoms with Crippen LogP contribution in [0.15, 0.2) is 48.1 Å². The normalized spacial score (nSPS) is 14.3. The van der Waals surface area contributed by atoms with Crippen LogP contribution in [0.1, 0.15) is 25.3 Å². The minimum Gasteiger partial charge on any atom is -0.489 e. The van der Waals surface area contributed by atoms with Crippen molar-refractivity contribution in [3.05, 3.63) is 53.6 Å². The van der Waals surface area contributed by atoms with Gasteiger partial charge in [0.1, 0.15) is 12.4 Å². The summed E-state index contributed by atoms with van der Waals surface area (Å²) in [5.74, 6) is 0.940. The maximum absolute atomic E-state index is 5.79. The van der Waals surface area contributed by atoms with Crippen LogP contribution in [-0.4, -0.2) is 19.8 Å². The lowest BCUT2D eigenvalue weighted by molar-refractivity contribution is 0.151. The molecule has 2 nitrogen and oxygen atoms in total. The summed E-state index contributed by atoms with van der Waals surface area (Å²) in [5.41, 5.74) is 2.66. The fourth-order valence-electron chi connectivity index (χ4n) is 2.04. The summed E-state index contributed by atoms with van der Waals surface area (Å²) in [6.07, 6.45) is 9.66. The van der Waals surface area contributed by atoms with Crippen molar-refractivity contribution in [2.45, 2.75) is 26.2 Å². The Labute approximate surface area is 115 Å². The van der Waals surface area contributed by atoms with Crippen LogP contribution < -0.4 is 4.74 Å². The van der Waals surface area contributed by atoms with Crippen molar-refractivity contribution in [2.75, 3.05) is 19.8 Å². The molecule has 1 aromatic carbocycles. The van der Waals surface area contributed by atoms with Gasteiger partial charge in [-0.25, -0.2) is 0 Å². The van der Waals surface area contributed by atoms with E-state index < -0.39 is 0 Å². The molecule has 0 heterocycles. The summed E-state index contributed by atoms with van der Waals surface area (Å²) in [4.78, 5) is 0. The van der Waals surface area contributed by atoms with Gasteiger partial charge in [0.15, 0.2) is 0 Å². The van der Waals surface area contributed by atoms with Crippen LogP contribution in [0.2, 0.25) is 0 Å². The van der Waals surface area contributed by atoms with Gasteiger partial charge in [-0.3, -0.25) is 0 Å². The second-order valence-electron chi connectivity index (χ2n) is 4.67. The lowest BCUT2D eigenvalue weighted by Crippen LogP contribution is -2.03. The highest BCUT2D eigenvalue weighted by atomic mass is 16.5. The van der Waals surface area contributed by atoms with Crippen molar-refractivity contribution in [1.82, 2.24) is 0 Å². The maximum Gasteiger partial charge on any atom is 0.119 e. The average Bonchev–Trinajstić information content (AvgIpc) is 2.48. The molecule has 1 aliphatic rings. The molecule has 0 N–H and O–H groups in total. The Balaban J connectivity index is 1.78. The van der Waals surface area contributed by atoms with E-state index in [-0.39, 0.29) is 0 Å². The van der Waals surface area contributed by atoms with E-state index in [0.717, 1.165) is 38.2 Å². The molecule has 0 amide bonds. The molecule has 1 aromatic rings. The van der Waals surface area contributed by atoms with Gasteiger partial charge in [-0.05, 0) is 49.5 Å². The van der Waals surface area contributed by atoms with E-state index >= 15 is 0 Å². The standard InChI is InChI=1S/C17H22O2/c1-2-18-13-12-15-8-10-17(11-9-15)19-14-16-6-4-3-5-7-16/h3-4,6,8-11H,2,5,7,12-14H2,1H3. The fourth-order valence-corrected chi connectivity index (χ4v) is 2.04. The van der Waals surface area contributed by atoms with Gasteiger partial charge in [-0.15, -0.1) is 0 Å². The van der Waals surface area contributed by atoms with Gasteiger partial charge in [0.05, 0.1) is 6.61 Å². The average molecular weight is 258 g/mol. The van der Waals surface area contributed by atoms with Crippen LogP contribution in [0.3, 0.4) is 0 Å². The summed E-state index contributed by atoms with van der Waals surface area (Å²) in [6.45, 7) is 4.29. The van der Waals surface area contributed by atoms with E-state index in [0.29, 0.717) is 6.61 Å². The molecule has 19 heavy (non-hydrogen) atoms. The van der Waals surface area contributed by atoms with Crippen LogP contribution in [0.5, 0.6) is 5.75 Å². The smallest absolute Gasteiger partial charge is 0.119 e. The highest BCUT2D eigenvalue weighted by Crippen LogP contribution is 2.16. The van der Waals surface area contributed by atoms with Crippen LogP contribution in [0, 0.1) is 0 Å². The molecule has 0 saturated carbocycles. The second kappa shape index (κ2) is 7.80. The Morgan fingerprint density at radius 2 is 2.00 bits per heavy atom. The zero-order valence-electron chi connectivity index (χ0n) is 11.6. The SMILES string of the molecule is CCOCCc1ccc(OCC2=CC=CCC2)cc1. The molecule has 0 fully saturated rings. The summed E-state index contributed by atoms with van der Waals surface area (Å²) >= 11 is 0. The number of hydrogen-bond donors (Lipinski definition) is 0. The van der Waals surface area contributed by atoms with Crippen LogP contribution in [0.25, 0.3) is 0 Å². The molecular weight excluding hydrogens is 236 g/mol. The molecule has 0 aliphatic heterocycles. The van der Waals surface area contributed by atoms with E-state index in [1.165, 1.54) is 11.1 Å². The lowest BCUT2D eigenvalue weighted by Gasteiger charge is -2.11. The van der Waals surface area contributed by atoms with Crippen molar-refractivity contribution in [3.63, 3.8) is 0 Å². The zero-order valence-corrected chi connectivity index (χ0v) is 11.6. The third-order valence-electron chi connectivity index (χ3n) is 3.19. The van der Waals surface area contributed by atoms with Crippen LogP contribution in [0.4, 0.5) is 0 Å². The van der Waals surface area contributed by atoms with Crippen molar-refractivity contribution >= 4 is 0 Å². The van der Waals surface area contributed by atoms with Gasteiger partial charge >= 0.3 is 0 Å². The quantitative estimate of drug-likeness (QED) is 0.690. The topological polar surface area (TPSA) is 18.5 Å². The van der Waals surface area contributed by atoms with E-state index in [1.807, 2.05) is 19.1 Å². The molecule has 0 saturated heterocycles. The molecule has 0 bridgehead atoms. The molecular formula is C17H22O2. The van der Waals surface area contributed by atoms with Crippen LogP contribution >= 0.6 is 0 Å². The predicted octanol–water partition coefficient (Wildman–Crippen LogP) is 3.92. The Bertz CT molecular complexity index is 429. The minimum absolute atomic E-state index is 0.697. The predicted molar refractivity (Wildman–Crippen MR) is 78.6 cm³/mol. The highest BCUT2D eigenvalue weighted by molar-refractivity contribution is 5.28. The van der Waals surface area contributed by atoms with E-state index in [1.54, 1.807) is 0 Å². The Morgan fingerprint density at radius 3 is 2.68 bits per heavy atom. The number of ether oxygens (including phenoxy) is 2. The summed E-state index contributed by atoms with van der Waals surface area (Å²) in [6, 6.07) is 8.31. The number of rotatable bonds is 7. The molecule has 2 heteroatoms. The molecule has 2 rings (SSSR count). The second-order valence-corrected chi connectivity index (χ2v) is 4.67. The highest BCUT2D eigenvalue weighted by Gasteiger charge is 2.01. The lowest BCUT2D eigenvalue weighted by atomic mass is 10.1. The Hall–Kier alpha value is -1.54. The fraction of sp³-hybridized carbons (Fsp3) is 0.412. The zero-order chi connectivity index (χ0) is 13.3. The monoisotopic (exact) mass is 258 g/mol. The summed E-state index contributed by atoms with van der Waals surface area (Å²) < 4.78 is 11.1. The van der Waals surface area contributed by atoms with E-state index in [4.69, 9.17) is 9.47 Å². The first kappa shape index (κ1) is 13.9. The largest absolute Gasteiger partial charge is 0.489 e. The molecule has 0 radical (unpaired) electrons. The first-order valence-corrected chi connectivity index (χ1v) is 7.02. The summed E-state index contributed by atoms with van der Waals surface area (Å²) in [5, 5.41) is 0. The summed E-state index contributed by atoms with van der Waals surface area (Å²) in [7, 11) is 0. The molecule has 102 valence electrons. The van der Waals surface area contributed by atoms with E-state index in [2.05, 4.69) is 30.4 Å². The Morgan fingerprint density at radius 1 is 1.16 bits per heavy atom. The van der Waals surface area contributed by atoms with Gasteiger partial charge in [0, 0.05) is 6.61 Å². The van der Waals surface area contributed by atoms with Gasteiger partial charge < -0.3 is 9.47 Å². The maximum atomic E-state index is 5.79. The van der Waals surface area contributed by atoms with Crippen molar-refractivity contribution in [1.29, 1.82) is 0 Å². The third kappa shape index (κ3) is 4.92. The van der Waals surface area contributed by atoms with Crippen molar-refractivity contribution in [2.24, 2.45) is 0 Å². The van der Waals surface area contributed by atoms with Crippen molar-refractivity contribution < 1.29 is 9.47 Å².